The number of benzene rings is 1. The molecule has 144 valence electrons. The molecule has 2 rings (SSSR count). The van der Waals surface area contributed by atoms with Crippen molar-refractivity contribution in [2.24, 2.45) is 5.92 Å². The average Bonchev–Trinajstić information content (AvgIpc) is 2.71. The van der Waals surface area contributed by atoms with Gasteiger partial charge in [-0.05, 0) is 23.6 Å². The van der Waals surface area contributed by atoms with E-state index in [1.807, 2.05) is 62.4 Å². The molecular formula is C21H27N3O3. The molecule has 0 radical (unpaired) electrons. The lowest BCUT2D eigenvalue weighted by molar-refractivity contribution is -0.133. The molecule has 0 aliphatic heterocycles. The minimum absolute atomic E-state index is 0.0204. The Morgan fingerprint density at radius 1 is 1.15 bits per heavy atom. The van der Waals surface area contributed by atoms with E-state index < -0.39 is 12.1 Å². The first-order chi connectivity index (χ1) is 13.0. The number of aromatic nitrogens is 1. The lowest BCUT2D eigenvalue weighted by Gasteiger charge is -2.27. The number of nitrogens with one attached hydrogen (secondary N) is 1. The zero-order valence-electron chi connectivity index (χ0n) is 16.1. The zero-order valence-corrected chi connectivity index (χ0v) is 16.1. The van der Waals surface area contributed by atoms with Crippen molar-refractivity contribution >= 4 is 12.0 Å². The first-order valence-corrected chi connectivity index (χ1v) is 9.13. The van der Waals surface area contributed by atoms with Gasteiger partial charge in [0.1, 0.15) is 12.6 Å². The quantitative estimate of drug-likeness (QED) is 0.774. The van der Waals surface area contributed by atoms with Crippen molar-refractivity contribution in [1.29, 1.82) is 0 Å². The molecule has 6 heteroatoms. The van der Waals surface area contributed by atoms with Crippen LogP contribution in [-0.2, 0) is 22.7 Å². The van der Waals surface area contributed by atoms with Crippen LogP contribution < -0.4 is 5.32 Å². The number of hydrogen-bond acceptors (Lipinski definition) is 4. The number of likely N-dealkylation sites (N-methyl/N-ethyl adjacent to an activating group) is 1. The summed E-state index contributed by atoms with van der Waals surface area (Å²) in [4.78, 5) is 30.9. The van der Waals surface area contributed by atoms with E-state index >= 15 is 0 Å². The van der Waals surface area contributed by atoms with E-state index in [2.05, 4.69) is 10.3 Å². The molecule has 0 saturated heterocycles. The van der Waals surface area contributed by atoms with Gasteiger partial charge < -0.3 is 15.0 Å². The standard InChI is InChI=1S/C21H27N3O3/c1-4-16(2)19(20(25)24(3)14-18-12-8-9-13-22-18)23-21(26)27-15-17-10-6-5-7-11-17/h5-13,16,19H,4,14-15H2,1-3H3,(H,23,26)/t16-,19-/m0/s1. The molecular weight excluding hydrogens is 342 g/mol. The molecule has 1 heterocycles. The number of alkyl carbamates (subject to hydrolysis) is 1. The third-order valence-electron chi connectivity index (χ3n) is 4.47. The van der Waals surface area contributed by atoms with Crippen molar-refractivity contribution < 1.29 is 14.3 Å². The Morgan fingerprint density at radius 2 is 1.85 bits per heavy atom. The van der Waals surface area contributed by atoms with Gasteiger partial charge in [-0.15, -0.1) is 0 Å². The summed E-state index contributed by atoms with van der Waals surface area (Å²) in [6.45, 7) is 4.47. The summed E-state index contributed by atoms with van der Waals surface area (Å²) in [5.74, 6) is -0.181. The van der Waals surface area contributed by atoms with Gasteiger partial charge in [0, 0.05) is 13.2 Å². The number of hydrogen-bond donors (Lipinski definition) is 1. The Kier molecular flexibility index (Phi) is 7.79. The number of ether oxygens (including phenoxy) is 1. The van der Waals surface area contributed by atoms with E-state index in [4.69, 9.17) is 4.74 Å². The highest BCUT2D eigenvalue weighted by Crippen LogP contribution is 2.12. The third-order valence-corrected chi connectivity index (χ3v) is 4.47. The molecule has 0 spiro atoms. The fourth-order valence-electron chi connectivity index (χ4n) is 2.62. The number of carbonyl (C=O) groups excluding carboxylic acids is 2. The van der Waals surface area contributed by atoms with Crippen LogP contribution in [0.2, 0.25) is 0 Å². The number of nitrogens with zero attached hydrogens (tertiary/aromatic N) is 2. The van der Waals surface area contributed by atoms with Crippen molar-refractivity contribution in [2.45, 2.75) is 39.5 Å². The van der Waals surface area contributed by atoms with E-state index in [-0.39, 0.29) is 18.4 Å². The topological polar surface area (TPSA) is 71.5 Å². The van der Waals surface area contributed by atoms with Gasteiger partial charge in [0.05, 0.1) is 12.2 Å². The SMILES string of the molecule is CC[C@H](C)[C@H](NC(=O)OCc1ccccc1)C(=O)N(C)Cc1ccccn1. The monoisotopic (exact) mass is 369 g/mol. The van der Waals surface area contributed by atoms with Crippen LogP contribution in [-0.4, -0.2) is 35.0 Å². The molecule has 2 atom stereocenters. The maximum absolute atomic E-state index is 12.9. The molecule has 6 nitrogen and oxygen atoms in total. The first kappa shape index (κ1) is 20.4. The minimum atomic E-state index is -0.646. The van der Waals surface area contributed by atoms with Crippen LogP contribution in [0.15, 0.2) is 54.7 Å². The zero-order chi connectivity index (χ0) is 19.6. The highest BCUT2D eigenvalue weighted by atomic mass is 16.5. The maximum Gasteiger partial charge on any atom is 0.408 e. The average molecular weight is 369 g/mol. The summed E-state index contributed by atoms with van der Waals surface area (Å²) < 4.78 is 5.27. The van der Waals surface area contributed by atoms with Crippen molar-refractivity contribution in [3.63, 3.8) is 0 Å². The molecule has 0 fully saturated rings. The van der Waals surface area contributed by atoms with E-state index in [9.17, 15) is 9.59 Å². The van der Waals surface area contributed by atoms with Gasteiger partial charge in [-0.3, -0.25) is 9.78 Å². The van der Waals surface area contributed by atoms with Crippen LogP contribution in [0.5, 0.6) is 0 Å². The van der Waals surface area contributed by atoms with Gasteiger partial charge in [0.25, 0.3) is 0 Å². The van der Waals surface area contributed by atoms with Gasteiger partial charge in [0.2, 0.25) is 5.91 Å². The number of amides is 2. The van der Waals surface area contributed by atoms with Gasteiger partial charge in [-0.25, -0.2) is 4.79 Å². The van der Waals surface area contributed by atoms with E-state index in [1.165, 1.54) is 0 Å². The summed E-state index contributed by atoms with van der Waals surface area (Å²) in [6.07, 6.45) is 1.86. The van der Waals surface area contributed by atoms with E-state index in [0.717, 1.165) is 17.7 Å². The molecule has 1 aromatic heterocycles. The summed E-state index contributed by atoms with van der Waals surface area (Å²) in [5.41, 5.74) is 1.69. The summed E-state index contributed by atoms with van der Waals surface area (Å²) in [7, 11) is 1.71. The summed E-state index contributed by atoms with van der Waals surface area (Å²) in [5, 5.41) is 2.73. The Bertz CT molecular complexity index is 722. The minimum Gasteiger partial charge on any atom is -0.445 e. The van der Waals surface area contributed by atoms with Crippen LogP contribution in [0.3, 0.4) is 0 Å². The smallest absolute Gasteiger partial charge is 0.408 e. The van der Waals surface area contributed by atoms with Crippen molar-refractivity contribution in [3.05, 3.63) is 66.0 Å². The number of rotatable bonds is 8. The molecule has 27 heavy (non-hydrogen) atoms. The largest absolute Gasteiger partial charge is 0.445 e. The van der Waals surface area contributed by atoms with Crippen molar-refractivity contribution in [2.75, 3.05) is 7.05 Å². The molecule has 0 unspecified atom stereocenters. The second-order valence-corrected chi connectivity index (χ2v) is 6.58. The number of carbonyl (C=O) groups is 2. The second kappa shape index (κ2) is 10.3. The molecule has 0 aliphatic carbocycles. The molecule has 2 aromatic rings. The Hall–Kier alpha value is -2.89. The molecule has 0 saturated carbocycles. The lowest BCUT2D eigenvalue weighted by Crippen LogP contribution is -2.50. The van der Waals surface area contributed by atoms with Crippen LogP contribution in [0, 0.1) is 5.92 Å². The van der Waals surface area contributed by atoms with E-state index in [0.29, 0.717) is 6.54 Å². The van der Waals surface area contributed by atoms with Gasteiger partial charge in [-0.1, -0.05) is 56.7 Å². The molecule has 1 N–H and O–H groups in total. The van der Waals surface area contributed by atoms with Crippen LogP contribution in [0.1, 0.15) is 31.5 Å². The number of pyridine rings is 1. The van der Waals surface area contributed by atoms with Gasteiger partial charge >= 0.3 is 6.09 Å². The first-order valence-electron chi connectivity index (χ1n) is 9.13. The fourth-order valence-corrected chi connectivity index (χ4v) is 2.62. The molecule has 1 aromatic carbocycles. The Labute approximate surface area is 160 Å². The maximum atomic E-state index is 12.9. The van der Waals surface area contributed by atoms with Crippen LogP contribution in [0.4, 0.5) is 4.79 Å². The van der Waals surface area contributed by atoms with Crippen molar-refractivity contribution in [1.82, 2.24) is 15.2 Å². The lowest BCUT2D eigenvalue weighted by atomic mass is 9.98. The van der Waals surface area contributed by atoms with Gasteiger partial charge in [-0.2, -0.15) is 0 Å². The summed E-state index contributed by atoms with van der Waals surface area (Å²) in [6, 6.07) is 14.4. The van der Waals surface area contributed by atoms with Crippen molar-refractivity contribution in [3.8, 4) is 0 Å². The summed E-state index contributed by atoms with van der Waals surface area (Å²) >= 11 is 0. The Balaban J connectivity index is 1.96. The van der Waals surface area contributed by atoms with Crippen LogP contribution in [0.25, 0.3) is 0 Å². The normalized spacial score (nSPS) is 12.7. The fraction of sp³-hybridized carbons (Fsp3) is 0.381. The Morgan fingerprint density at radius 3 is 2.48 bits per heavy atom. The molecule has 0 aliphatic rings. The third kappa shape index (κ3) is 6.40. The van der Waals surface area contributed by atoms with E-state index in [1.54, 1.807) is 18.1 Å². The second-order valence-electron chi connectivity index (χ2n) is 6.58. The highest BCUT2D eigenvalue weighted by Gasteiger charge is 2.29. The molecule has 2 amide bonds. The predicted molar refractivity (Wildman–Crippen MR) is 104 cm³/mol. The predicted octanol–water partition coefficient (Wildman–Crippen LogP) is 3.38. The molecule has 0 bridgehead atoms. The highest BCUT2D eigenvalue weighted by molar-refractivity contribution is 5.85. The van der Waals surface area contributed by atoms with Crippen LogP contribution >= 0.6 is 0 Å². The van der Waals surface area contributed by atoms with Gasteiger partial charge in [0.15, 0.2) is 0 Å².